The van der Waals surface area contributed by atoms with Gasteiger partial charge in [0.05, 0.1) is 30.1 Å². The molecule has 1 unspecified atom stereocenters. The van der Waals surface area contributed by atoms with Crippen LogP contribution in [0.3, 0.4) is 0 Å². The second-order valence-electron chi connectivity index (χ2n) is 6.54. The third kappa shape index (κ3) is 3.28. The summed E-state index contributed by atoms with van der Waals surface area (Å²) in [5.74, 6) is -0.661. The Kier molecular flexibility index (Phi) is 4.08. The molecular weight excluding hydrogens is 317 g/mol. The molecule has 0 aliphatic carbocycles. The number of halogens is 1. The van der Waals surface area contributed by atoms with Gasteiger partial charge in [-0.05, 0) is 25.1 Å². The lowest BCUT2D eigenvalue weighted by Crippen LogP contribution is -2.60. The van der Waals surface area contributed by atoms with Gasteiger partial charge in [-0.1, -0.05) is 0 Å². The van der Waals surface area contributed by atoms with Crippen LogP contribution < -0.4 is 15.1 Å². The first-order valence-electron chi connectivity index (χ1n) is 7.75. The summed E-state index contributed by atoms with van der Waals surface area (Å²) in [6, 6.07) is 4.52. The number of anilines is 2. The number of rotatable bonds is 4. The number of ether oxygens (including phenoxy) is 1. The molecule has 2 amide bonds. The molecule has 0 saturated carbocycles. The topological polar surface area (TPSA) is 82.1 Å². The van der Waals surface area contributed by atoms with E-state index in [1.807, 2.05) is 0 Å². The molecule has 8 heteroatoms. The molecule has 1 atom stereocenters. The van der Waals surface area contributed by atoms with Gasteiger partial charge in [-0.2, -0.15) is 0 Å². The molecule has 2 aliphatic heterocycles. The first-order valence-corrected chi connectivity index (χ1v) is 7.75. The zero-order chi connectivity index (χ0) is 17.5. The smallest absolute Gasteiger partial charge is 0.414 e. The molecule has 1 aromatic rings. The van der Waals surface area contributed by atoms with E-state index in [0.717, 1.165) is 0 Å². The summed E-state index contributed by atoms with van der Waals surface area (Å²) in [6.07, 6.45) is -1.03. The highest BCUT2D eigenvalue weighted by molar-refractivity contribution is 5.90. The van der Waals surface area contributed by atoms with Crippen molar-refractivity contribution in [3.05, 3.63) is 24.0 Å². The zero-order valence-electron chi connectivity index (χ0n) is 13.6. The normalized spacial score (nSPS) is 22.2. The van der Waals surface area contributed by atoms with Crippen molar-refractivity contribution < 1.29 is 23.8 Å². The molecule has 2 saturated heterocycles. The minimum Gasteiger partial charge on any atom is -0.442 e. The third-order valence-corrected chi connectivity index (χ3v) is 4.10. The Bertz CT molecular complexity index is 671. The van der Waals surface area contributed by atoms with Crippen LogP contribution in [0.2, 0.25) is 0 Å². The summed E-state index contributed by atoms with van der Waals surface area (Å²) in [4.78, 5) is 25.9. The van der Waals surface area contributed by atoms with Gasteiger partial charge < -0.3 is 20.1 Å². The van der Waals surface area contributed by atoms with E-state index in [1.165, 1.54) is 17.9 Å². The van der Waals surface area contributed by atoms with E-state index in [4.69, 9.17) is 4.74 Å². The van der Waals surface area contributed by atoms with Crippen LogP contribution in [0.1, 0.15) is 13.8 Å². The maximum Gasteiger partial charge on any atom is 0.414 e. The molecular formula is C16H20FN3O4. The molecule has 24 heavy (non-hydrogen) atoms. The lowest BCUT2D eigenvalue weighted by molar-refractivity contribution is -0.119. The maximum atomic E-state index is 14.3. The lowest BCUT2D eigenvalue weighted by Gasteiger charge is -2.45. The number of benzene rings is 1. The average Bonchev–Trinajstić information content (AvgIpc) is 2.83. The Morgan fingerprint density at radius 1 is 1.50 bits per heavy atom. The largest absolute Gasteiger partial charge is 0.442 e. The predicted molar refractivity (Wildman–Crippen MR) is 85.5 cm³/mol. The molecule has 1 aromatic carbocycles. The van der Waals surface area contributed by atoms with Crippen LogP contribution >= 0.6 is 0 Å². The van der Waals surface area contributed by atoms with Crippen molar-refractivity contribution in [3.8, 4) is 0 Å². The highest BCUT2D eigenvalue weighted by Crippen LogP contribution is 2.32. The van der Waals surface area contributed by atoms with E-state index in [1.54, 1.807) is 24.0 Å². The monoisotopic (exact) mass is 337 g/mol. The van der Waals surface area contributed by atoms with E-state index < -0.39 is 23.6 Å². The number of hydrogen-bond acceptors (Lipinski definition) is 5. The van der Waals surface area contributed by atoms with E-state index in [2.05, 4.69) is 5.32 Å². The first-order chi connectivity index (χ1) is 11.2. The van der Waals surface area contributed by atoms with Crippen molar-refractivity contribution in [3.63, 3.8) is 0 Å². The number of nitrogens with one attached hydrogen (secondary N) is 1. The van der Waals surface area contributed by atoms with Gasteiger partial charge in [0.25, 0.3) is 0 Å². The number of hydrogen-bond donors (Lipinski definition) is 2. The fourth-order valence-electron chi connectivity index (χ4n) is 2.96. The molecule has 7 nitrogen and oxygen atoms in total. The lowest BCUT2D eigenvalue weighted by atomic mass is 9.96. The highest BCUT2D eigenvalue weighted by atomic mass is 19.1. The van der Waals surface area contributed by atoms with Gasteiger partial charge in [-0.15, -0.1) is 0 Å². The standard InChI is InChI=1S/C16H20FN3O4/c1-10(21)18-6-12-7-20(15(22)24-12)11-3-4-14(13(17)5-11)19-8-16(2,23)9-19/h3-5,12,23H,6-9H2,1-2H3,(H,18,21). The van der Waals surface area contributed by atoms with Gasteiger partial charge in [-0.25, -0.2) is 9.18 Å². The quantitative estimate of drug-likeness (QED) is 0.851. The van der Waals surface area contributed by atoms with Crippen LogP contribution in [0.25, 0.3) is 0 Å². The Hall–Kier alpha value is -2.35. The van der Waals surface area contributed by atoms with Crippen LogP contribution in [0.15, 0.2) is 18.2 Å². The number of amides is 2. The maximum absolute atomic E-state index is 14.3. The number of β-amino-alcohol motifs (C(OH)–C–C–N with tert-alkyl or cyclic N) is 1. The van der Waals surface area contributed by atoms with E-state index in [0.29, 0.717) is 24.5 Å². The molecule has 2 fully saturated rings. The Labute approximate surface area is 139 Å². The van der Waals surface area contributed by atoms with Gasteiger partial charge in [-0.3, -0.25) is 9.69 Å². The number of aliphatic hydroxyl groups is 1. The molecule has 2 heterocycles. The molecule has 0 aromatic heterocycles. The average molecular weight is 337 g/mol. The number of nitrogens with zero attached hydrogens (tertiary/aromatic N) is 2. The fourth-order valence-corrected chi connectivity index (χ4v) is 2.96. The second kappa shape index (κ2) is 5.94. The molecule has 2 aliphatic rings. The summed E-state index contributed by atoms with van der Waals surface area (Å²) < 4.78 is 19.5. The minimum absolute atomic E-state index is 0.203. The molecule has 0 bridgehead atoms. The molecule has 3 rings (SSSR count). The Morgan fingerprint density at radius 2 is 2.21 bits per heavy atom. The van der Waals surface area contributed by atoms with E-state index in [9.17, 15) is 19.1 Å². The number of carbonyl (C=O) groups excluding carboxylic acids is 2. The summed E-state index contributed by atoms with van der Waals surface area (Å²) >= 11 is 0. The molecule has 0 spiro atoms. The number of cyclic esters (lactones) is 1. The van der Waals surface area contributed by atoms with E-state index in [-0.39, 0.29) is 19.0 Å². The third-order valence-electron chi connectivity index (χ3n) is 4.10. The molecule has 2 N–H and O–H groups in total. The summed E-state index contributed by atoms with van der Waals surface area (Å²) in [5, 5.41) is 12.3. The van der Waals surface area contributed by atoms with Crippen molar-refractivity contribution in [2.24, 2.45) is 0 Å². The SMILES string of the molecule is CC(=O)NCC1CN(c2ccc(N3CC(C)(O)C3)c(F)c2)C(=O)O1. The first kappa shape index (κ1) is 16.5. The van der Waals surface area contributed by atoms with Crippen molar-refractivity contribution in [1.82, 2.24) is 5.32 Å². The minimum atomic E-state index is -0.791. The van der Waals surface area contributed by atoms with Crippen molar-refractivity contribution in [2.75, 3.05) is 36.0 Å². The van der Waals surface area contributed by atoms with Crippen LogP contribution in [0.4, 0.5) is 20.6 Å². The van der Waals surface area contributed by atoms with Gasteiger partial charge in [0, 0.05) is 20.0 Å². The van der Waals surface area contributed by atoms with Crippen LogP contribution in [0.5, 0.6) is 0 Å². The summed E-state index contributed by atoms with van der Waals surface area (Å²) in [7, 11) is 0. The van der Waals surface area contributed by atoms with Gasteiger partial charge in [0.2, 0.25) is 5.91 Å². The van der Waals surface area contributed by atoms with E-state index >= 15 is 0 Å². The number of carbonyl (C=O) groups is 2. The van der Waals surface area contributed by atoms with Gasteiger partial charge >= 0.3 is 6.09 Å². The van der Waals surface area contributed by atoms with Crippen LogP contribution in [0, 0.1) is 5.82 Å². The molecule has 0 radical (unpaired) electrons. The fraction of sp³-hybridized carbons (Fsp3) is 0.500. The van der Waals surface area contributed by atoms with Gasteiger partial charge in [0.1, 0.15) is 11.9 Å². The highest BCUT2D eigenvalue weighted by Gasteiger charge is 2.38. The Morgan fingerprint density at radius 3 is 2.79 bits per heavy atom. The predicted octanol–water partition coefficient (Wildman–Crippen LogP) is 0.858. The molecule has 130 valence electrons. The van der Waals surface area contributed by atoms with Crippen LogP contribution in [-0.2, 0) is 9.53 Å². The Balaban J connectivity index is 1.68. The van der Waals surface area contributed by atoms with Gasteiger partial charge in [0.15, 0.2) is 0 Å². The van der Waals surface area contributed by atoms with Crippen LogP contribution in [-0.4, -0.2) is 55.0 Å². The second-order valence-corrected chi connectivity index (χ2v) is 6.54. The van der Waals surface area contributed by atoms with Crippen molar-refractivity contribution in [2.45, 2.75) is 25.6 Å². The summed E-state index contributed by atoms with van der Waals surface area (Å²) in [6.45, 7) is 4.29. The summed E-state index contributed by atoms with van der Waals surface area (Å²) in [5.41, 5.74) is 0.00681. The van der Waals surface area contributed by atoms with Crippen molar-refractivity contribution >= 4 is 23.4 Å². The zero-order valence-corrected chi connectivity index (χ0v) is 13.6. The van der Waals surface area contributed by atoms with Crippen molar-refractivity contribution in [1.29, 1.82) is 0 Å².